The van der Waals surface area contributed by atoms with E-state index in [-0.39, 0.29) is 68.0 Å². The van der Waals surface area contributed by atoms with Gasteiger partial charge in [-0.2, -0.15) is 0 Å². The highest BCUT2D eigenvalue weighted by Gasteiger charge is 2.45. The molecule has 2 heterocycles. The van der Waals surface area contributed by atoms with E-state index >= 15 is 0 Å². The third-order valence-corrected chi connectivity index (χ3v) is 142. The molecule has 2 aromatic rings. The Morgan fingerprint density at radius 3 is 1.43 bits per heavy atom. The highest BCUT2D eigenvalue weighted by molar-refractivity contribution is 14.1. The van der Waals surface area contributed by atoms with Crippen LogP contribution < -0.4 is 20.8 Å². The Bertz CT molecular complexity index is 1730. The van der Waals surface area contributed by atoms with Gasteiger partial charge in [0, 0.05) is 18.5 Å². The van der Waals surface area contributed by atoms with Crippen molar-refractivity contribution in [1.82, 2.24) is 10.2 Å². The van der Waals surface area contributed by atoms with Gasteiger partial charge < -0.3 is 66.3 Å². The third kappa shape index (κ3) is 27.6. The van der Waals surface area contributed by atoms with Crippen molar-refractivity contribution < 1.29 is 50.3 Å². The largest absolute Gasteiger partial charge is 0.394 e. The van der Waals surface area contributed by atoms with Crippen LogP contribution in [0.5, 0.6) is 0 Å². The minimum Gasteiger partial charge on any atom is -0.394 e. The molecule has 25 atom stereocenters. The number of halogens is 3. The van der Waals surface area contributed by atoms with Crippen LogP contribution in [0, 0.1) is 7.14 Å². The molecule has 12 N–H and O–H groups in total. The van der Waals surface area contributed by atoms with Crippen molar-refractivity contribution in [1.29, 1.82) is 1.28 Å². The van der Waals surface area contributed by atoms with Gasteiger partial charge >= 0.3 is 0 Å². The lowest BCUT2D eigenvalue weighted by molar-refractivity contribution is -0.251. The van der Waals surface area contributed by atoms with Crippen LogP contribution in [0.25, 0.3) is 0 Å². The van der Waals surface area contributed by atoms with E-state index in [4.69, 9.17) is 43.7 Å². The second-order valence-electron chi connectivity index (χ2n) is 12.7. The Morgan fingerprint density at radius 2 is 1.07 bits per heavy atom. The molecule has 2 aliphatic heterocycles. The van der Waals surface area contributed by atoms with Crippen LogP contribution in [0.3, 0.4) is 0 Å². The first-order chi connectivity index (χ1) is 31.8. The fourth-order valence-electron chi connectivity index (χ4n) is 4.88. The maximum Gasteiger partial charge on any atom is 0.178 e. The molecule has 2 fully saturated rings. The number of aliphatic hydroxyl groups is 8. The Labute approximate surface area is 477 Å². The summed E-state index contributed by atoms with van der Waals surface area (Å²) < 4.78 is 21.5. The molecule has 41 heteroatoms. The lowest BCUT2D eigenvalue weighted by atomic mass is 9.97. The van der Waals surface area contributed by atoms with Crippen molar-refractivity contribution in [2.24, 2.45) is 0 Å². The van der Waals surface area contributed by atoms with E-state index in [1.165, 1.54) is 9.06 Å². The van der Waals surface area contributed by atoms with Crippen LogP contribution in [-0.4, -0.2) is 127 Å². The summed E-state index contributed by atoms with van der Waals surface area (Å²) in [5.74, 6) is 0. The van der Waals surface area contributed by atoms with Gasteiger partial charge in [0.25, 0.3) is 0 Å². The summed E-state index contributed by atoms with van der Waals surface area (Å²) in [7, 11) is 34.3. The monoisotopic (exact) mass is 1620 g/mol. The number of benzene rings is 2. The molecule has 2 aliphatic rings. The predicted molar refractivity (Wildman–Crippen MR) is 377 cm³/mol. The standard InChI is InChI=1S/C13H17IN2O5S.C7H6INS.C6H12ClNO5.H24P22/c14-6-1-3-7(4-2-6)15-13(22)16-9-11(19)10(18)8(5-17)21-12(9)20;8-6-1-3-7(4-2-6)9-5-10;7-8-3-5(11)4(10)2(1-9)13-6(3)12;1-12-19(14(2)3)21(22(17(8)9)18(10)11)13-20(15(4)5)16(6)7/h1-4,8-12,17-20H,5H2,(H2,15,16,22);1-5H,(H,9,10);2-6,8-12H,1H2;12-13H,1-11H2/t8-,9-,10-,11-,12?;;2-,3-,4-,5-,6?;/m1.1./s1/i;;;13T. The van der Waals surface area contributed by atoms with E-state index in [1.807, 2.05) is 48.5 Å². The summed E-state index contributed by atoms with van der Waals surface area (Å²) in [4.78, 5) is 2.08. The predicted octanol–water partition coefficient (Wildman–Crippen LogP) is 12.1. The van der Waals surface area contributed by atoms with Gasteiger partial charge in [0.05, 0.1) is 20.0 Å². The number of nitrogens with one attached hydrogen (secondary N) is 4. The van der Waals surface area contributed by atoms with Gasteiger partial charge in [0.1, 0.15) is 48.7 Å². The SMILES string of the molecule is OC[C@H]1OC(O)[C@H](NC(=S)Nc2ccc(I)cc2)[C@@H](O)[C@@H]1O.OC[C@H]1OC(O)[C@H](NCl)[C@@H](O)[C@@H]1O.S=CNc1ccc(I)cc1.[3H]P(P(P(P)P)P(P)P)P(P(PP)P(P)P)P(P(P)P)P(P)P. The van der Waals surface area contributed by atoms with Gasteiger partial charge in [-0.1, -0.05) is 20.2 Å². The quantitative estimate of drug-likeness (QED) is 0.0306. The zero-order chi connectivity index (χ0) is 52.2. The molecule has 386 valence electrons. The zero-order valence-electron chi connectivity index (χ0n) is 35.6. The normalized spacial score (nSPS) is 26.9. The van der Waals surface area contributed by atoms with E-state index < -0.39 is 82.4 Å². The summed E-state index contributed by atoms with van der Waals surface area (Å²) in [6, 6.07) is 13.5. The van der Waals surface area contributed by atoms with Crippen molar-refractivity contribution >= 4 is 280 Å². The summed E-state index contributed by atoms with van der Waals surface area (Å²) in [5.41, 5.74) is 3.28. The van der Waals surface area contributed by atoms with Crippen molar-refractivity contribution in [2.75, 3.05) is 23.8 Å². The summed E-state index contributed by atoms with van der Waals surface area (Å²) in [6.45, 7) is -1.91. The fourth-order valence-corrected chi connectivity index (χ4v) is 235. The van der Waals surface area contributed by atoms with E-state index in [0.29, 0.717) is 0 Å². The molecule has 0 aromatic heterocycles. The second kappa shape index (κ2) is 40.9. The molecule has 0 aliphatic carbocycles. The molecule has 0 amide bonds. The maximum absolute atomic E-state index is 10.0. The maximum atomic E-state index is 10.0. The van der Waals surface area contributed by atoms with E-state index in [2.05, 4.69) is 176 Å². The van der Waals surface area contributed by atoms with Gasteiger partial charge in [-0.25, -0.2) is 4.84 Å². The molecule has 2 saturated heterocycles. The van der Waals surface area contributed by atoms with E-state index in [9.17, 15) is 31.9 Å². The molecule has 4 rings (SSSR count). The Morgan fingerprint density at radius 1 is 0.672 bits per heavy atom. The minimum absolute atomic E-state index is 0.0112. The van der Waals surface area contributed by atoms with Crippen LogP contribution in [-0.2, 0) is 9.47 Å². The number of anilines is 2. The molecule has 0 spiro atoms. The average Bonchev–Trinajstić information content (AvgIpc) is 3.26. The number of aliphatic hydroxyl groups excluding tert-OH is 8. The van der Waals surface area contributed by atoms with E-state index in [0.717, 1.165) is 22.9 Å². The Kier molecular flexibility index (Phi) is 43.9. The fraction of sp³-hybridized carbons (Fsp3) is 0.462. The molecule has 0 bridgehead atoms. The summed E-state index contributed by atoms with van der Waals surface area (Å²) in [5, 5.41) is 84.0. The van der Waals surface area contributed by atoms with Gasteiger partial charge in [-0.3, -0.25) is 0 Å². The highest BCUT2D eigenvalue weighted by atomic mass is 127. The second-order valence-corrected chi connectivity index (χ2v) is 99.6. The Balaban J connectivity index is 0.000000475. The molecule has 0 radical (unpaired) electrons. The molecule has 2 aromatic carbocycles. The number of thiocarbonyl (C=S) groups is 2. The molecule has 0 saturated carbocycles. The molecule has 67 heavy (non-hydrogen) atoms. The lowest BCUT2D eigenvalue weighted by Crippen LogP contribution is -2.64. The first-order valence-corrected chi connectivity index (χ1v) is 60.6. The van der Waals surface area contributed by atoms with Crippen LogP contribution in [0.2, 0.25) is 0 Å². The van der Waals surface area contributed by atoms with Gasteiger partial charge in [-0.15, -0.1) is 98.2 Å². The number of hydrogen-bond acceptors (Lipinski definition) is 13. The zero-order valence-corrected chi connectivity index (χ0v) is 63.9. The highest BCUT2D eigenvalue weighted by Crippen LogP contribution is 3.26. The molecular weight excluding hydrogens is 1560 g/mol. The smallest absolute Gasteiger partial charge is 0.178 e. The van der Waals surface area contributed by atoms with Crippen molar-refractivity contribution in [3.8, 4) is 0 Å². The van der Waals surface area contributed by atoms with Gasteiger partial charge in [-0.05, 0) is 188 Å². The van der Waals surface area contributed by atoms with Crippen LogP contribution in [0.1, 0.15) is 0 Å². The number of ether oxygens (including phenoxy) is 2. The summed E-state index contributed by atoms with van der Waals surface area (Å²) >= 11 is 19.4. The molecule has 14 nitrogen and oxygen atoms in total. The minimum atomic E-state index is -1.41. The van der Waals surface area contributed by atoms with Crippen molar-refractivity contribution in [3.63, 3.8) is 0 Å². The van der Waals surface area contributed by atoms with E-state index in [1.54, 1.807) is 0 Å². The van der Waals surface area contributed by atoms with Crippen LogP contribution in [0.15, 0.2) is 48.5 Å². The van der Waals surface area contributed by atoms with Gasteiger partial charge in [0.15, 0.2) is 17.7 Å². The number of hydrogen-bond donors (Lipinski definition) is 12. The summed E-state index contributed by atoms with van der Waals surface area (Å²) in [6.07, 6.45) is -10.0. The lowest BCUT2D eigenvalue weighted by Gasteiger charge is -2.42. The third-order valence-electron chi connectivity index (χ3n) is 8.05. The van der Waals surface area contributed by atoms with Crippen molar-refractivity contribution in [2.45, 2.75) is 61.3 Å². The topological polar surface area (TPSA) is 228 Å². The Hall–Kier alpha value is 8.79. The molecule has 17 unspecified atom stereocenters. The first kappa shape index (κ1) is 71.9. The van der Waals surface area contributed by atoms with Crippen molar-refractivity contribution in [3.05, 3.63) is 55.7 Å². The first-order valence-electron chi connectivity index (χ1n) is 18.5. The van der Waals surface area contributed by atoms with Crippen LogP contribution in [0.4, 0.5) is 11.4 Å². The van der Waals surface area contributed by atoms with Gasteiger partial charge in [0.2, 0.25) is 0 Å². The number of rotatable bonds is 17. The average molecular weight is 1620 g/mol. The van der Waals surface area contributed by atoms with Crippen LogP contribution >= 0.6 is 258 Å². The molecular formula is C26H59ClI2N4O10P22S2.